The molecule has 1 rings (SSSR count). The summed E-state index contributed by atoms with van der Waals surface area (Å²) in [5.74, 6) is 1.01. The van der Waals surface area contributed by atoms with Gasteiger partial charge < -0.3 is 4.74 Å². The van der Waals surface area contributed by atoms with Crippen molar-refractivity contribution in [2.75, 3.05) is 5.88 Å². The molecule has 0 radical (unpaired) electrons. The second kappa shape index (κ2) is 6.78. The number of ether oxygens (including phenoxy) is 1. The average molecular weight is 354 g/mol. The molecule has 1 atom stereocenters. The highest BCUT2D eigenvalue weighted by atomic mass is 79.9. The standard InChI is InChI=1S/C13H15BrCl2O2/c1-13(2,7-8-15)11(17)12(14)18-10-5-3-9(16)4-6-10/h3-6,12H,7-8H2,1-2H3. The molecule has 18 heavy (non-hydrogen) atoms. The predicted molar refractivity (Wildman–Crippen MR) is 78.9 cm³/mol. The maximum absolute atomic E-state index is 12.2. The van der Waals surface area contributed by atoms with Crippen molar-refractivity contribution in [3.63, 3.8) is 0 Å². The Hall–Kier alpha value is -0.250. The molecule has 1 aromatic carbocycles. The molecule has 0 aliphatic heterocycles. The molecule has 2 nitrogen and oxygen atoms in total. The highest BCUT2D eigenvalue weighted by Crippen LogP contribution is 2.28. The smallest absolute Gasteiger partial charge is 0.211 e. The van der Waals surface area contributed by atoms with Gasteiger partial charge in [-0.25, -0.2) is 0 Å². The molecular formula is C13H15BrCl2O2. The Balaban J connectivity index is 2.67. The van der Waals surface area contributed by atoms with Gasteiger partial charge in [0, 0.05) is 16.3 Å². The van der Waals surface area contributed by atoms with Crippen molar-refractivity contribution in [1.82, 2.24) is 0 Å². The van der Waals surface area contributed by atoms with Gasteiger partial charge in [-0.3, -0.25) is 4.79 Å². The zero-order valence-corrected chi connectivity index (χ0v) is 13.3. The van der Waals surface area contributed by atoms with Crippen LogP contribution in [0.25, 0.3) is 0 Å². The first-order chi connectivity index (χ1) is 8.36. The van der Waals surface area contributed by atoms with Gasteiger partial charge in [-0.1, -0.05) is 25.4 Å². The number of carbonyl (C=O) groups is 1. The largest absolute Gasteiger partial charge is 0.471 e. The van der Waals surface area contributed by atoms with Crippen LogP contribution >= 0.6 is 39.1 Å². The molecule has 0 spiro atoms. The fraction of sp³-hybridized carbons (Fsp3) is 0.462. The zero-order valence-electron chi connectivity index (χ0n) is 10.3. The summed E-state index contributed by atoms with van der Waals surface area (Å²) < 4.78 is 5.53. The summed E-state index contributed by atoms with van der Waals surface area (Å²) in [7, 11) is 0. The van der Waals surface area contributed by atoms with Gasteiger partial charge in [-0.05, 0) is 46.6 Å². The first-order valence-electron chi connectivity index (χ1n) is 5.53. The minimum Gasteiger partial charge on any atom is -0.471 e. The number of hydrogen-bond donors (Lipinski definition) is 0. The van der Waals surface area contributed by atoms with E-state index in [1.165, 1.54) is 0 Å². The first kappa shape index (κ1) is 15.8. The number of alkyl halides is 2. The number of Topliss-reactive ketones (excluding diaryl/α,β-unsaturated/α-hetero) is 1. The van der Waals surface area contributed by atoms with E-state index in [4.69, 9.17) is 27.9 Å². The van der Waals surface area contributed by atoms with Crippen molar-refractivity contribution >= 4 is 44.9 Å². The van der Waals surface area contributed by atoms with E-state index in [9.17, 15) is 4.79 Å². The number of benzene rings is 1. The van der Waals surface area contributed by atoms with Crippen LogP contribution < -0.4 is 4.74 Å². The van der Waals surface area contributed by atoms with E-state index in [0.717, 1.165) is 0 Å². The van der Waals surface area contributed by atoms with Gasteiger partial charge in [-0.15, -0.1) is 11.6 Å². The molecule has 5 heteroatoms. The summed E-state index contributed by atoms with van der Waals surface area (Å²) in [6, 6.07) is 6.87. The second-order valence-electron chi connectivity index (χ2n) is 4.57. The highest BCUT2D eigenvalue weighted by Gasteiger charge is 2.33. The number of hydrogen-bond acceptors (Lipinski definition) is 2. The zero-order chi connectivity index (χ0) is 13.8. The van der Waals surface area contributed by atoms with Crippen LogP contribution in [0.15, 0.2) is 24.3 Å². The SMILES string of the molecule is CC(C)(CCCl)C(=O)C(Br)Oc1ccc(Cl)cc1. The van der Waals surface area contributed by atoms with Crippen LogP contribution in [0.3, 0.4) is 0 Å². The van der Waals surface area contributed by atoms with E-state index in [0.29, 0.717) is 23.1 Å². The van der Waals surface area contributed by atoms with E-state index in [1.807, 2.05) is 13.8 Å². The van der Waals surface area contributed by atoms with E-state index < -0.39 is 10.4 Å². The summed E-state index contributed by atoms with van der Waals surface area (Å²) in [6.45, 7) is 3.72. The molecule has 0 saturated heterocycles. The van der Waals surface area contributed by atoms with Crippen LogP contribution in [0, 0.1) is 5.41 Å². The van der Waals surface area contributed by atoms with Gasteiger partial charge in [0.05, 0.1) is 0 Å². The molecule has 0 N–H and O–H groups in total. The van der Waals surface area contributed by atoms with Crippen LogP contribution in [0.2, 0.25) is 5.02 Å². The molecule has 1 aromatic rings. The molecule has 0 aliphatic carbocycles. The Morgan fingerprint density at radius 2 is 1.94 bits per heavy atom. The van der Waals surface area contributed by atoms with Crippen LogP contribution in [0.5, 0.6) is 5.75 Å². The minimum absolute atomic E-state index is 0.0295. The molecule has 100 valence electrons. The Morgan fingerprint density at radius 1 is 1.39 bits per heavy atom. The third-order valence-electron chi connectivity index (χ3n) is 2.65. The number of rotatable bonds is 6. The molecule has 0 saturated carbocycles. The van der Waals surface area contributed by atoms with Crippen molar-refractivity contribution in [2.45, 2.75) is 25.3 Å². The monoisotopic (exact) mass is 352 g/mol. The van der Waals surface area contributed by atoms with Crippen LogP contribution in [0.4, 0.5) is 0 Å². The van der Waals surface area contributed by atoms with Gasteiger partial charge in [0.1, 0.15) is 5.75 Å². The summed E-state index contributed by atoms with van der Waals surface area (Å²) in [5.41, 5.74) is -0.512. The lowest BCUT2D eigenvalue weighted by Gasteiger charge is -2.25. The van der Waals surface area contributed by atoms with Crippen molar-refractivity contribution in [3.8, 4) is 5.75 Å². The fourth-order valence-corrected chi connectivity index (χ4v) is 2.79. The molecule has 0 bridgehead atoms. The topological polar surface area (TPSA) is 26.3 Å². The van der Waals surface area contributed by atoms with Crippen LogP contribution in [0.1, 0.15) is 20.3 Å². The van der Waals surface area contributed by atoms with Crippen LogP contribution in [-0.2, 0) is 4.79 Å². The molecule has 1 unspecified atom stereocenters. The van der Waals surface area contributed by atoms with Gasteiger partial charge in [0.15, 0.2) is 5.78 Å². The molecule has 0 aromatic heterocycles. The quantitative estimate of drug-likeness (QED) is 0.695. The summed E-state index contributed by atoms with van der Waals surface area (Å²) in [4.78, 5) is 12.2. The van der Waals surface area contributed by atoms with Gasteiger partial charge in [-0.2, -0.15) is 0 Å². The molecule has 0 amide bonds. The molecule has 0 fully saturated rings. The first-order valence-corrected chi connectivity index (χ1v) is 7.36. The van der Waals surface area contributed by atoms with Crippen molar-refractivity contribution in [3.05, 3.63) is 29.3 Å². The average Bonchev–Trinajstić information content (AvgIpc) is 2.31. The number of ketones is 1. The Bertz CT molecular complexity index is 404. The predicted octanol–water partition coefficient (Wildman–Crippen LogP) is 4.66. The Morgan fingerprint density at radius 3 is 2.44 bits per heavy atom. The highest BCUT2D eigenvalue weighted by molar-refractivity contribution is 9.09. The lowest BCUT2D eigenvalue weighted by Crippen LogP contribution is -2.34. The molecular weight excluding hydrogens is 339 g/mol. The van der Waals surface area contributed by atoms with Crippen molar-refractivity contribution < 1.29 is 9.53 Å². The number of halogens is 3. The fourth-order valence-electron chi connectivity index (χ4n) is 1.35. The van der Waals surface area contributed by atoms with Crippen molar-refractivity contribution in [1.29, 1.82) is 0 Å². The van der Waals surface area contributed by atoms with Crippen LogP contribution in [-0.4, -0.2) is 16.7 Å². The van der Waals surface area contributed by atoms with E-state index in [2.05, 4.69) is 15.9 Å². The van der Waals surface area contributed by atoms with Gasteiger partial charge in [0.25, 0.3) is 0 Å². The van der Waals surface area contributed by atoms with Gasteiger partial charge >= 0.3 is 0 Å². The maximum Gasteiger partial charge on any atom is 0.211 e. The third kappa shape index (κ3) is 4.45. The summed E-state index contributed by atoms with van der Waals surface area (Å²) >= 11 is 14.7. The molecule has 0 aliphatic rings. The second-order valence-corrected chi connectivity index (χ2v) is 6.22. The lowest BCUT2D eigenvalue weighted by molar-refractivity contribution is -0.130. The Labute approximate surface area is 126 Å². The maximum atomic E-state index is 12.2. The lowest BCUT2D eigenvalue weighted by atomic mass is 9.85. The van der Waals surface area contributed by atoms with Crippen molar-refractivity contribution in [2.24, 2.45) is 5.41 Å². The summed E-state index contributed by atoms with van der Waals surface area (Å²) in [6.07, 6.45) is 0.611. The summed E-state index contributed by atoms with van der Waals surface area (Å²) in [5, 5.41) is -0.0563. The Kier molecular flexibility index (Phi) is 5.96. The van der Waals surface area contributed by atoms with E-state index in [-0.39, 0.29) is 5.78 Å². The third-order valence-corrected chi connectivity index (χ3v) is 3.69. The van der Waals surface area contributed by atoms with E-state index >= 15 is 0 Å². The number of carbonyl (C=O) groups excluding carboxylic acids is 1. The van der Waals surface area contributed by atoms with Gasteiger partial charge in [0.2, 0.25) is 5.01 Å². The minimum atomic E-state index is -0.683. The van der Waals surface area contributed by atoms with E-state index in [1.54, 1.807) is 24.3 Å². The molecule has 0 heterocycles. The normalized spacial score (nSPS) is 13.2.